The van der Waals surface area contributed by atoms with Gasteiger partial charge >= 0.3 is 5.97 Å². The van der Waals surface area contributed by atoms with Gasteiger partial charge in [-0.3, -0.25) is 4.79 Å². The van der Waals surface area contributed by atoms with Crippen LogP contribution in [0.5, 0.6) is 0 Å². The van der Waals surface area contributed by atoms with Crippen LogP contribution < -0.4 is 0 Å². The van der Waals surface area contributed by atoms with Crippen LogP contribution in [-0.2, 0) is 14.3 Å². The van der Waals surface area contributed by atoms with Crippen LogP contribution in [-0.4, -0.2) is 18.9 Å². The first-order chi connectivity index (χ1) is 7.69. The quantitative estimate of drug-likeness (QED) is 0.337. The molecule has 1 aromatic carbocycles. The summed E-state index contributed by atoms with van der Waals surface area (Å²) in [6.07, 6.45) is 1.84. The minimum Gasteiger partial charge on any atom is -0.465 e. The Balaban J connectivity index is 3.06. The van der Waals surface area contributed by atoms with E-state index in [1.165, 1.54) is 7.11 Å². The van der Waals surface area contributed by atoms with Crippen LogP contribution in [0.4, 0.5) is 0 Å². The third-order valence-electron chi connectivity index (χ3n) is 2.14. The molecule has 0 N–H and O–H groups in total. The second-order valence-electron chi connectivity index (χ2n) is 3.24. The molecule has 0 aliphatic heterocycles. The van der Waals surface area contributed by atoms with Gasteiger partial charge < -0.3 is 4.74 Å². The van der Waals surface area contributed by atoms with E-state index >= 15 is 0 Å². The van der Waals surface area contributed by atoms with Gasteiger partial charge in [-0.15, -0.1) is 0 Å². The van der Waals surface area contributed by atoms with Gasteiger partial charge in [-0.25, -0.2) is 4.79 Å². The number of hydrogen-bond acceptors (Lipinski definition) is 3. The summed E-state index contributed by atoms with van der Waals surface area (Å²) in [4.78, 5) is 23.0. The van der Waals surface area contributed by atoms with Crippen LogP contribution in [0.15, 0.2) is 35.9 Å². The lowest BCUT2D eigenvalue weighted by Gasteiger charge is -2.02. The van der Waals surface area contributed by atoms with E-state index in [0.717, 1.165) is 5.56 Å². The van der Waals surface area contributed by atoms with E-state index in [9.17, 15) is 9.59 Å². The molecule has 3 nitrogen and oxygen atoms in total. The van der Waals surface area contributed by atoms with Crippen molar-refractivity contribution < 1.29 is 14.3 Å². The summed E-state index contributed by atoms with van der Waals surface area (Å²) in [5.41, 5.74) is 0.904. The SMILES string of the molecule is CCC(=O)/C(=C/c1ccccc1)C(=O)OC. The molecule has 0 heterocycles. The van der Waals surface area contributed by atoms with Gasteiger partial charge in [0.1, 0.15) is 5.57 Å². The van der Waals surface area contributed by atoms with Crippen molar-refractivity contribution in [2.75, 3.05) is 7.11 Å². The number of carbonyl (C=O) groups excluding carboxylic acids is 2. The van der Waals surface area contributed by atoms with Crippen molar-refractivity contribution in [1.29, 1.82) is 0 Å². The summed E-state index contributed by atoms with van der Waals surface area (Å²) >= 11 is 0. The fourth-order valence-corrected chi connectivity index (χ4v) is 1.27. The fraction of sp³-hybridized carbons (Fsp3) is 0.231. The largest absolute Gasteiger partial charge is 0.465 e. The Labute approximate surface area is 94.7 Å². The van der Waals surface area contributed by atoms with E-state index in [1.807, 2.05) is 30.3 Å². The number of rotatable bonds is 4. The number of benzene rings is 1. The summed E-state index contributed by atoms with van der Waals surface area (Å²) in [7, 11) is 1.27. The number of ketones is 1. The molecule has 0 spiro atoms. The van der Waals surface area contributed by atoms with Crippen LogP contribution in [0, 0.1) is 0 Å². The van der Waals surface area contributed by atoms with Gasteiger partial charge in [-0.2, -0.15) is 0 Å². The Morgan fingerprint density at radius 1 is 1.25 bits per heavy atom. The first-order valence-corrected chi connectivity index (χ1v) is 5.07. The van der Waals surface area contributed by atoms with Crippen molar-refractivity contribution in [2.45, 2.75) is 13.3 Å². The maximum Gasteiger partial charge on any atom is 0.341 e. The van der Waals surface area contributed by atoms with Crippen molar-refractivity contribution in [3.05, 3.63) is 41.5 Å². The van der Waals surface area contributed by atoms with E-state index in [0.29, 0.717) is 0 Å². The zero-order valence-corrected chi connectivity index (χ0v) is 9.40. The summed E-state index contributed by atoms with van der Waals surface area (Å²) in [6, 6.07) is 9.21. The van der Waals surface area contributed by atoms with E-state index in [1.54, 1.807) is 13.0 Å². The minimum absolute atomic E-state index is 0.0937. The predicted octanol–water partition coefficient (Wildman–Crippen LogP) is 2.22. The third-order valence-corrected chi connectivity index (χ3v) is 2.14. The maximum absolute atomic E-state index is 11.5. The molecule has 0 saturated carbocycles. The third kappa shape index (κ3) is 3.05. The second kappa shape index (κ2) is 5.85. The summed E-state index contributed by atoms with van der Waals surface area (Å²) in [6.45, 7) is 1.71. The smallest absolute Gasteiger partial charge is 0.341 e. The molecule has 0 radical (unpaired) electrons. The van der Waals surface area contributed by atoms with E-state index in [2.05, 4.69) is 4.74 Å². The summed E-state index contributed by atoms with van der Waals surface area (Å²) in [5.74, 6) is -0.800. The van der Waals surface area contributed by atoms with Crippen LogP contribution >= 0.6 is 0 Å². The number of carbonyl (C=O) groups is 2. The van der Waals surface area contributed by atoms with Gasteiger partial charge in [0, 0.05) is 6.42 Å². The van der Waals surface area contributed by atoms with Crippen molar-refractivity contribution in [1.82, 2.24) is 0 Å². The average Bonchev–Trinajstić information content (AvgIpc) is 2.35. The number of Topliss-reactive ketones (excluding diaryl/α,β-unsaturated/α-hetero) is 1. The average molecular weight is 218 g/mol. The molecule has 0 unspecified atom stereocenters. The Morgan fingerprint density at radius 3 is 2.38 bits per heavy atom. The zero-order chi connectivity index (χ0) is 12.0. The normalized spacial score (nSPS) is 11.0. The number of ether oxygens (including phenoxy) is 1. The van der Waals surface area contributed by atoms with E-state index < -0.39 is 5.97 Å². The molecule has 0 fully saturated rings. The highest BCUT2D eigenvalue weighted by Crippen LogP contribution is 2.10. The van der Waals surface area contributed by atoms with Crippen molar-refractivity contribution in [3.8, 4) is 0 Å². The molecule has 0 atom stereocenters. The molecule has 84 valence electrons. The molecule has 0 saturated heterocycles. The molecule has 0 aromatic heterocycles. The fourth-order valence-electron chi connectivity index (χ4n) is 1.27. The molecule has 0 amide bonds. The lowest BCUT2D eigenvalue weighted by atomic mass is 10.1. The van der Waals surface area contributed by atoms with E-state index in [-0.39, 0.29) is 17.8 Å². The molecule has 0 bridgehead atoms. The van der Waals surface area contributed by atoms with Crippen LogP contribution in [0.3, 0.4) is 0 Å². The van der Waals surface area contributed by atoms with Crippen LogP contribution in [0.25, 0.3) is 6.08 Å². The maximum atomic E-state index is 11.5. The van der Waals surface area contributed by atoms with Gasteiger partial charge in [-0.1, -0.05) is 37.3 Å². The lowest BCUT2D eigenvalue weighted by Crippen LogP contribution is -2.13. The van der Waals surface area contributed by atoms with Gasteiger partial charge in [0.2, 0.25) is 0 Å². The van der Waals surface area contributed by atoms with Crippen LogP contribution in [0.1, 0.15) is 18.9 Å². The highest BCUT2D eigenvalue weighted by Gasteiger charge is 2.16. The number of esters is 1. The number of hydrogen-bond donors (Lipinski definition) is 0. The van der Waals surface area contributed by atoms with Gasteiger partial charge in [0.25, 0.3) is 0 Å². The summed E-state index contributed by atoms with van der Waals surface area (Å²) in [5, 5.41) is 0. The van der Waals surface area contributed by atoms with Crippen molar-refractivity contribution in [3.63, 3.8) is 0 Å². The molecule has 3 heteroatoms. The topological polar surface area (TPSA) is 43.4 Å². The van der Waals surface area contributed by atoms with E-state index in [4.69, 9.17) is 0 Å². The lowest BCUT2D eigenvalue weighted by molar-refractivity contribution is -0.137. The Hall–Kier alpha value is -1.90. The molecule has 0 aliphatic rings. The Bertz CT molecular complexity index is 386. The standard InChI is InChI=1S/C13H14O3/c1-3-12(14)11(13(15)16-2)9-10-7-5-4-6-8-10/h4-9H,3H2,1-2H3/b11-9-. The monoisotopic (exact) mass is 218 g/mol. The van der Waals surface area contributed by atoms with Gasteiger partial charge in [0.15, 0.2) is 5.78 Å². The summed E-state index contributed by atoms with van der Waals surface area (Å²) < 4.78 is 4.58. The molecule has 1 aromatic rings. The number of methoxy groups -OCH3 is 1. The molecule has 1 rings (SSSR count). The Kier molecular flexibility index (Phi) is 4.45. The first-order valence-electron chi connectivity index (χ1n) is 5.07. The second-order valence-corrected chi connectivity index (χ2v) is 3.24. The molecule has 16 heavy (non-hydrogen) atoms. The highest BCUT2D eigenvalue weighted by atomic mass is 16.5. The molecule has 0 aliphatic carbocycles. The van der Waals surface area contributed by atoms with Crippen molar-refractivity contribution >= 4 is 17.8 Å². The molecular formula is C13H14O3. The van der Waals surface area contributed by atoms with Gasteiger partial charge in [0.05, 0.1) is 7.11 Å². The first kappa shape index (κ1) is 12.2. The molecular weight excluding hydrogens is 204 g/mol. The highest BCUT2D eigenvalue weighted by molar-refractivity contribution is 6.20. The van der Waals surface area contributed by atoms with Crippen LogP contribution in [0.2, 0.25) is 0 Å². The predicted molar refractivity (Wildman–Crippen MR) is 61.7 cm³/mol. The van der Waals surface area contributed by atoms with Crippen molar-refractivity contribution in [2.24, 2.45) is 0 Å². The zero-order valence-electron chi connectivity index (χ0n) is 9.40. The van der Waals surface area contributed by atoms with Gasteiger partial charge in [-0.05, 0) is 11.6 Å². The minimum atomic E-state index is -0.587. The Morgan fingerprint density at radius 2 is 1.88 bits per heavy atom.